The summed E-state index contributed by atoms with van der Waals surface area (Å²) in [5.74, 6) is -2.66. The minimum atomic E-state index is -0.655. The molecule has 2 heterocycles. The van der Waals surface area contributed by atoms with Crippen LogP contribution in [-0.4, -0.2) is 124 Å². The molecule has 2 aliphatic heterocycles. The van der Waals surface area contributed by atoms with Crippen molar-refractivity contribution in [1.29, 1.82) is 0 Å². The van der Waals surface area contributed by atoms with Gasteiger partial charge in [-0.2, -0.15) is 0 Å². The molecule has 49 heavy (non-hydrogen) atoms. The van der Waals surface area contributed by atoms with Gasteiger partial charge >= 0.3 is 16.3 Å². The molecule has 0 aromatic heterocycles. The molecule has 6 rings (SSSR count). The molecule has 2 fully saturated rings. The summed E-state index contributed by atoms with van der Waals surface area (Å²) in [6.45, 7) is 2.25. The van der Waals surface area contributed by atoms with Crippen LogP contribution in [0.4, 0.5) is 4.79 Å². The zero-order valence-electron chi connectivity index (χ0n) is 27.5. The maximum Gasteiger partial charge on any atom is 0.318 e. The molecule has 2 saturated heterocycles. The normalized spacial score (nSPS) is 20.2. The molecule has 3 atom stereocenters. The van der Waals surface area contributed by atoms with E-state index >= 15 is 0 Å². The van der Waals surface area contributed by atoms with E-state index in [1.54, 1.807) is 12.1 Å². The van der Waals surface area contributed by atoms with Gasteiger partial charge in [0.1, 0.15) is 30.1 Å². The van der Waals surface area contributed by atoms with Gasteiger partial charge in [-0.3, -0.25) is 24.5 Å². The number of nitrogens with one attached hydrogen (secondary N) is 1. The molecule has 0 bridgehead atoms. The van der Waals surface area contributed by atoms with Crippen LogP contribution in [0.3, 0.4) is 0 Å². The highest BCUT2D eigenvalue weighted by atomic mass is 27.0. The fourth-order valence-corrected chi connectivity index (χ4v) is 5.70. The molecule has 6 N–H and O–H groups in total. The van der Waals surface area contributed by atoms with E-state index in [1.807, 2.05) is 16.3 Å². The Kier molecular flexibility index (Phi) is 17.4. The highest BCUT2D eigenvalue weighted by Gasteiger charge is 2.41. The summed E-state index contributed by atoms with van der Waals surface area (Å²) in [6, 6.07) is 4.56. The minimum Gasteiger partial charge on any atom is -0.507 e. The summed E-state index contributed by atoms with van der Waals surface area (Å²) < 4.78 is 19.7. The van der Waals surface area contributed by atoms with Gasteiger partial charge in [-0.15, -0.1) is 12.8 Å². The fourth-order valence-electron chi connectivity index (χ4n) is 5.62. The molecule has 2 aromatic carbocycles. The maximum atomic E-state index is 13.2. The van der Waals surface area contributed by atoms with Crippen LogP contribution >= 0.6 is 0 Å². The minimum absolute atomic E-state index is 0.0419. The lowest BCUT2D eigenvalue weighted by Gasteiger charge is -2.29. The monoisotopic (exact) mass is 699 g/mol. The number of morpholine rings is 1. The van der Waals surface area contributed by atoms with E-state index in [0.29, 0.717) is 18.6 Å². The number of Topliss-reactive ketones (excluding diaryl/α,β-unsaturated/α-hetero) is 1. The van der Waals surface area contributed by atoms with Crippen LogP contribution in [0.15, 0.2) is 18.2 Å². The zero-order chi connectivity index (χ0) is 36.7. The Morgan fingerprint density at radius 1 is 0.980 bits per heavy atom. The van der Waals surface area contributed by atoms with Crippen molar-refractivity contribution in [2.24, 2.45) is 5.92 Å². The van der Waals surface area contributed by atoms with E-state index in [2.05, 4.69) is 18.2 Å². The lowest BCUT2D eigenvalue weighted by Crippen LogP contribution is -2.40. The summed E-state index contributed by atoms with van der Waals surface area (Å²) in [4.78, 5) is 49.0. The maximum absolute atomic E-state index is 13.2. The van der Waals surface area contributed by atoms with Crippen LogP contribution in [0.5, 0.6) is 17.2 Å². The summed E-state index contributed by atoms with van der Waals surface area (Å²) >= 11 is 1.82. The summed E-state index contributed by atoms with van der Waals surface area (Å²) in [7, 11) is 2.37. The first-order chi connectivity index (χ1) is 23.5. The number of carbonyl (C=O) groups is 4. The number of fused-ring (bicyclic) bond motifs is 3. The third kappa shape index (κ3) is 10.6. The number of ketones is 3. The Hall–Kier alpha value is -3.83. The molecule has 3 unspecified atom stereocenters. The predicted molar refractivity (Wildman–Crippen MR) is 176 cm³/mol. The number of hydrogen-bond donors (Lipinski definition) is 6. The molecule has 0 saturated carbocycles. The predicted octanol–water partition coefficient (Wildman–Crippen LogP) is 1.15. The number of phenols is 2. The lowest BCUT2D eigenvalue weighted by atomic mass is 9.75. The van der Waals surface area contributed by atoms with E-state index < -0.39 is 47.2 Å². The highest BCUT2D eigenvalue weighted by Crippen LogP contribution is 2.47. The molecular formula is C34H42AlNO13. The van der Waals surface area contributed by atoms with Crippen LogP contribution in [0.2, 0.25) is 0 Å². The first kappa shape index (κ1) is 41.3. The van der Waals surface area contributed by atoms with Gasteiger partial charge < -0.3 is 44.5 Å². The van der Waals surface area contributed by atoms with Crippen molar-refractivity contribution in [2.45, 2.75) is 51.0 Å². The van der Waals surface area contributed by atoms with Crippen molar-refractivity contribution in [3.05, 3.63) is 51.6 Å². The molecule has 2 aliphatic carbocycles. The second-order valence-electron chi connectivity index (χ2n) is 10.8. The van der Waals surface area contributed by atoms with Gasteiger partial charge in [0.2, 0.25) is 5.78 Å². The topological polar surface area (TPSA) is 218 Å². The number of carbonyl (C=O) groups excluding carboxylic acids is 4. The largest absolute Gasteiger partial charge is 0.507 e. The number of terminal acetylenes is 1. The number of aromatic hydroxyl groups is 2. The van der Waals surface area contributed by atoms with Crippen molar-refractivity contribution in [2.75, 3.05) is 47.2 Å². The fraction of sp³-hybridized carbons (Fsp3) is 0.471. The lowest BCUT2D eigenvalue weighted by molar-refractivity contribution is -0.126. The Balaban J connectivity index is 0.000000377. The first-order valence-corrected chi connectivity index (χ1v) is 16.0. The summed E-state index contributed by atoms with van der Waals surface area (Å²) in [5.41, 5.74) is 0.183. The highest BCUT2D eigenvalue weighted by molar-refractivity contribution is 6.55. The molecule has 15 heteroatoms. The van der Waals surface area contributed by atoms with Gasteiger partial charge in [0.05, 0.1) is 37.0 Å². The Bertz CT molecular complexity index is 1460. The average molecular weight is 700 g/mol. The van der Waals surface area contributed by atoms with Crippen LogP contribution in [0, 0.1) is 18.8 Å². The number of ether oxygens (including phenoxy) is 4. The second kappa shape index (κ2) is 20.6. The first-order valence-electron chi connectivity index (χ1n) is 15.4. The number of aliphatic hydroxyl groups is 3. The zero-order valence-corrected chi connectivity index (χ0v) is 28.6. The van der Waals surface area contributed by atoms with Gasteiger partial charge in [-0.1, -0.05) is 12.1 Å². The summed E-state index contributed by atoms with van der Waals surface area (Å²) in [6.07, 6.45) is 10.8. The van der Waals surface area contributed by atoms with Gasteiger partial charge in [-0.25, -0.2) is 0 Å². The summed E-state index contributed by atoms with van der Waals surface area (Å²) in [5, 5.41) is 49.0. The Labute approximate surface area is 292 Å². The molecule has 4 aliphatic rings. The van der Waals surface area contributed by atoms with E-state index in [9.17, 15) is 29.4 Å². The van der Waals surface area contributed by atoms with E-state index in [1.165, 1.54) is 13.2 Å². The van der Waals surface area contributed by atoms with Crippen molar-refractivity contribution >= 4 is 38.5 Å². The third-order valence-corrected chi connectivity index (χ3v) is 8.06. The molecular weight excluding hydrogens is 657 g/mol. The molecule has 2 aromatic rings. The van der Waals surface area contributed by atoms with Crippen molar-refractivity contribution < 1.29 is 63.7 Å². The smallest absolute Gasteiger partial charge is 0.318 e. The standard InChI is InChI=1S/C22H17O8.C5H10O2.C4H9NO2.C2H2.CH4O.Al/c1-29-15-4-2-3-12-16(15)22(28)18-17(20(12)26)21(27)13-7-10(14(24)8-30-9-23)5-6-11(13)19(18)25;6-5-3-1-2-4-7-5;6-4-3-7-2-1-5-4;2*1-2;/h2-4,10,25,27H,5-8H2,1H3;5-6H,1-4H2;4-6H,1-3H2;1-2H;2H,1H3;. The number of benzene rings is 2. The Morgan fingerprint density at radius 3 is 2.16 bits per heavy atom. The van der Waals surface area contributed by atoms with Crippen LogP contribution < -0.4 is 10.1 Å². The number of methoxy groups -OCH3 is 1. The number of aliphatic hydroxyl groups excluding tert-OH is 3. The van der Waals surface area contributed by atoms with Gasteiger partial charge in [0.15, 0.2) is 22.7 Å². The van der Waals surface area contributed by atoms with Crippen molar-refractivity contribution in [3.8, 4) is 30.1 Å². The van der Waals surface area contributed by atoms with E-state index in [-0.39, 0.29) is 57.9 Å². The van der Waals surface area contributed by atoms with Gasteiger partial charge in [0, 0.05) is 42.9 Å². The molecule has 2 radical (unpaired) electrons. The SMILES string of the molecule is C#C.CO.COc1cccc2c1C(=O)c1c(O)c3c(c(O)c1C2=O)CC(C(=O)CO[C](=O)[Al])CC3.OC1CCCCO1.OC1COCCN1. The molecule has 264 valence electrons. The van der Waals surface area contributed by atoms with Crippen LogP contribution in [0.25, 0.3) is 0 Å². The van der Waals surface area contributed by atoms with E-state index in [0.717, 1.165) is 46.1 Å². The van der Waals surface area contributed by atoms with E-state index in [4.69, 9.17) is 34.3 Å². The Morgan fingerprint density at radius 2 is 1.65 bits per heavy atom. The molecule has 0 spiro atoms. The third-order valence-electron chi connectivity index (χ3n) is 7.89. The average Bonchev–Trinajstić information content (AvgIpc) is 3.13. The van der Waals surface area contributed by atoms with Crippen molar-refractivity contribution in [1.82, 2.24) is 5.32 Å². The second-order valence-corrected chi connectivity index (χ2v) is 11.3. The molecule has 14 nitrogen and oxygen atoms in total. The van der Waals surface area contributed by atoms with Gasteiger partial charge in [-0.05, 0) is 44.6 Å². The quantitative estimate of drug-likeness (QED) is 0.128. The number of rotatable bonds is 4. The van der Waals surface area contributed by atoms with Crippen LogP contribution in [-0.2, 0) is 31.8 Å². The van der Waals surface area contributed by atoms with Crippen LogP contribution in [0.1, 0.15) is 68.7 Å². The number of phenolic OH excluding ortho intramolecular Hbond substituents is 2. The molecule has 0 amide bonds. The van der Waals surface area contributed by atoms with Crippen molar-refractivity contribution in [3.63, 3.8) is 0 Å². The van der Waals surface area contributed by atoms with Gasteiger partial charge in [0.25, 0.3) is 0 Å². The number of hydrogen-bond acceptors (Lipinski definition) is 14.